The molecule has 1 aromatic carbocycles. The minimum Gasteiger partial charge on any atom is -0.341 e. The van der Waals surface area contributed by atoms with Crippen LogP contribution in [0.2, 0.25) is 0 Å². The van der Waals surface area contributed by atoms with E-state index in [1.807, 2.05) is 31.3 Å². The zero-order valence-electron chi connectivity index (χ0n) is 15.7. The molecule has 8 nitrogen and oxygen atoms in total. The number of fused-ring (bicyclic) bond motifs is 4. The van der Waals surface area contributed by atoms with Gasteiger partial charge < -0.3 is 20.0 Å². The molecule has 4 aliphatic rings. The summed E-state index contributed by atoms with van der Waals surface area (Å²) in [6, 6.07) is 7.19. The number of piperidine rings is 1. The van der Waals surface area contributed by atoms with Gasteiger partial charge in [0, 0.05) is 57.7 Å². The maximum atomic E-state index is 12.8. The standard InChI is InChI=1S/C19H25N5O3/c1-21-8-9-24(19(21)27)15-5-3-4-14(10-15)20-18(26)23-11-13-6-7-16(12-23)22(2)17(13)25/h3-5,10,13,16H,6-9,11-12H2,1-2H3,(H,20,26)/t13-,16+/m1/s1. The highest BCUT2D eigenvalue weighted by molar-refractivity contribution is 5.96. The summed E-state index contributed by atoms with van der Waals surface area (Å²) in [6.45, 7) is 2.34. The largest absolute Gasteiger partial charge is 0.341 e. The van der Waals surface area contributed by atoms with Gasteiger partial charge in [-0.25, -0.2) is 9.59 Å². The van der Waals surface area contributed by atoms with Gasteiger partial charge in [-0.05, 0) is 31.0 Å². The van der Waals surface area contributed by atoms with Gasteiger partial charge >= 0.3 is 12.1 Å². The first kappa shape index (κ1) is 17.6. The summed E-state index contributed by atoms with van der Waals surface area (Å²) in [4.78, 5) is 44.2. The Morgan fingerprint density at radius 1 is 1.11 bits per heavy atom. The number of hydrogen-bond donors (Lipinski definition) is 1. The van der Waals surface area contributed by atoms with Crippen molar-refractivity contribution in [3.8, 4) is 0 Å². The number of carbonyl (C=O) groups is 3. The Kier molecular flexibility index (Phi) is 4.41. The molecule has 0 aromatic heterocycles. The number of benzene rings is 1. The Morgan fingerprint density at radius 3 is 2.67 bits per heavy atom. The number of rotatable bonds is 2. The molecule has 1 aromatic rings. The van der Waals surface area contributed by atoms with E-state index in [0.717, 1.165) is 18.5 Å². The maximum Gasteiger partial charge on any atom is 0.324 e. The van der Waals surface area contributed by atoms with Crippen LogP contribution in [0.5, 0.6) is 0 Å². The van der Waals surface area contributed by atoms with E-state index in [-0.39, 0.29) is 29.9 Å². The van der Waals surface area contributed by atoms with Crippen LogP contribution < -0.4 is 10.2 Å². The monoisotopic (exact) mass is 371 g/mol. The molecule has 5 rings (SSSR count). The molecule has 0 aliphatic carbocycles. The third kappa shape index (κ3) is 3.20. The molecule has 0 saturated carbocycles. The van der Waals surface area contributed by atoms with Crippen molar-refractivity contribution in [2.75, 3.05) is 50.5 Å². The fourth-order valence-electron chi connectivity index (χ4n) is 4.16. The average Bonchev–Trinajstić information content (AvgIpc) is 2.84. The molecule has 5 amide bonds. The maximum absolute atomic E-state index is 12.8. The topological polar surface area (TPSA) is 76.2 Å². The van der Waals surface area contributed by atoms with Crippen LogP contribution >= 0.6 is 0 Å². The molecule has 27 heavy (non-hydrogen) atoms. The zero-order chi connectivity index (χ0) is 19.1. The Labute approximate surface area is 158 Å². The summed E-state index contributed by atoms with van der Waals surface area (Å²) in [5.74, 6) is 0.0313. The number of carbonyl (C=O) groups excluding carboxylic acids is 3. The summed E-state index contributed by atoms with van der Waals surface area (Å²) >= 11 is 0. The normalized spacial score (nSPS) is 25.3. The molecule has 2 atom stereocenters. The Morgan fingerprint density at radius 2 is 1.93 bits per heavy atom. The highest BCUT2D eigenvalue weighted by atomic mass is 16.2. The van der Waals surface area contributed by atoms with Crippen LogP contribution in [-0.2, 0) is 4.79 Å². The highest BCUT2D eigenvalue weighted by Crippen LogP contribution is 2.29. The third-order valence-electron chi connectivity index (χ3n) is 5.88. The van der Waals surface area contributed by atoms with Crippen LogP contribution in [-0.4, -0.2) is 79.0 Å². The predicted octanol–water partition coefficient (Wildman–Crippen LogP) is 1.64. The summed E-state index contributed by atoms with van der Waals surface area (Å²) in [7, 11) is 3.61. The number of urea groups is 2. The SMILES string of the molecule is CN1CCN(c2cccc(NC(=O)N3C[C@H]4CC[C@@H](C3)N(C)C4=O)c2)C1=O. The molecule has 4 saturated heterocycles. The summed E-state index contributed by atoms with van der Waals surface area (Å²) in [5, 5.41) is 2.93. The molecule has 0 spiro atoms. The van der Waals surface area contributed by atoms with Gasteiger partial charge in [0.1, 0.15) is 0 Å². The predicted molar refractivity (Wildman–Crippen MR) is 102 cm³/mol. The van der Waals surface area contributed by atoms with Crippen LogP contribution in [0.4, 0.5) is 21.0 Å². The number of nitrogens with zero attached hydrogens (tertiary/aromatic N) is 4. The second kappa shape index (κ2) is 6.75. The van der Waals surface area contributed by atoms with Crippen molar-refractivity contribution in [1.29, 1.82) is 0 Å². The highest BCUT2D eigenvalue weighted by Gasteiger charge is 2.40. The average molecular weight is 371 g/mol. The van der Waals surface area contributed by atoms with Gasteiger partial charge in [-0.2, -0.15) is 0 Å². The van der Waals surface area contributed by atoms with E-state index >= 15 is 0 Å². The van der Waals surface area contributed by atoms with Gasteiger partial charge in [0.15, 0.2) is 0 Å². The van der Waals surface area contributed by atoms with E-state index < -0.39 is 0 Å². The van der Waals surface area contributed by atoms with Gasteiger partial charge in [-0.15, -0.1) is 0 Å². The van der Waals surface area contributed by atoms with Crippen LogP contribution in [0, 0.1) is 5.92 Å². The molecule has 0 radical (unpaired) electrons. The molecule has 1 N–H and O–H groups in total. The molecule has 4 aliphatic heterocycles. The molecule has 2 bridgehead atoms. The van der Waals surface area contributed by atoms with E-state index in [1.54, 1.807) is 26.6 Å². The van der Waals surface area contributed by atoms with Crippen LogP contribution in [0.15, 0.2) is 24.3 Å². The lowest BCUT2D eigenvalue weighted by atomic mass is 9.95. The minimum atomic E-state index is -0.197. The Bertz CT molecular complexity index is 782. The number of likely N-dealkylation sites (N-methyl/N-ethyl adjacent to an activating group) is 2. The number of nitrogens with one attached hydrogen (secondary N) is 1. The van der Waals surface area contributed by atoms with E-state index in [0.29, 0.717) is 31.9 Å². The van der Waals surface area contributed by atoms with Crippen molar-refractivity contribution in [3.05, 3.63) is 24.3 Å². The molecule has 4 fully saturated rings. The lowest BCUT2D eigenvalue weighted by molar-refractivity contribution is -0.138. The quantitative estimate of drug-likeness (QED) is 0.859. The molecular weight excluding hydrogens is 346 g/mol. The second-order valence-corrected chi connectivity index (χ2v) is 7.62. The third-order valence-corrected chi connectivity index (χ3v) is 5.88. The summed E-state index contributed by atoms with van der Waals surface area (Å²) < 4.78 is 0. The van der Waals surface area contributed by atoms with E-state index in [9.17, 15) is 14.4 Å². The van der Waals surface area contributed by atoms with Crippen molar-refractivity contribution in [1.82, 2.24) is 14.7 Å². The smallest absolute Gasteiger partial charge is 0.324 e. The molecule has 0 unspecified atom stereocenters. The van der Waals surface area contributed by atoms with Gasteiger partial charge in [0.05, 0.1) is 5.92 Å². The van der Waals surface area contributed by atoms with Crippen LogP contribution in [0.3, 0.4) is 0 Å². The van der Waals surface area contributed by atoms with E-state index in [2.05, 4.69) is 5.32 Å². The zero-order valence-corrected chi connectivity index (χ0v) is 15.7. The Balaban J connectivity index is 1.47. The number of anilines is 2. The Hall–Kier alpha value is -2.77. The van der Waals surface area contributed by atoms with Crippen molar-refractivity contribution >= 4 is 29.3 Å². The van der Waals surface area contributed by atoms with Crippen molar-refractivity contribution in [3.63, 3.8) is 0 Å². The minimum absolute atomic E-state index is 0.0379. The van der Waals surface area contributed by atoms with Crippen LogP contribution in [0.25, 0.3) is 0 Å². The molecule has 4 heterocycles. The van der Waals surface area contributed by atoms with Gasteiger partial charge in [-0.3, -0.25) is 9.69 Å². The molecule has 8 heteroatoms. The van der Waals surface area contributed by atoms with Gasteiger partial charge in [0.2, 0.25) is 5.91 Å². The second-order valence-electron chi connectivity index (χ2n) is 7.62. The summed E-state index contributed by atoms with van der Waals surface area (Å²) in [6.07, 6.45) is 1.79. The van der Waals surface area contributed by atoms with Crippen molar-refractivity contribution < 1.29 is 14.4 Å². The summed E-state index contributed by atoms with van der Waals surface area (Å²) in [5.41, 5.74) is 1.42. The first-order valence-corrected chi connectivity index (χ1v) is 9.39. The number of hydrogen-bond acceptors (Lipinski definition) is 3. The van der Waals surface area contributed by atoms with Crippen molar-refractivity contribution in [2.24, 2.45) is 5.92 Å². The molecular formula is C19H25N5O3. The lowest BCUT2D eigenvalue weighted by Crippen LogP contribution is -2.45. The van der Waals surface area contributed by atoms with E-state index in [1.165, 1.54) is 0 Å². The van der Waals surface area contributed by atoms with E-state index in [4.69, 9.17) is 0 Å². The first-order valence-electron chi connectivity index (χ1n) is 9.39. The fourth-order valence-corrected chi connectivity index (χ4v) is 4.16. The molecule has 144 valence electrons. The van der Waals surface area contributed by atoms with Crippen molar-refractivity contribution in [2.45, 2.75) is 18.9 Å². The fraction of sp³-hybridized carbons (Fsp3) is 0.526. The van der Waals surface area contributed by atoms with Gasteiger partial charge in [-0.1, -0.05) is 6.07 Å². The lowest BCUT2D eigenvalue weighted by Gasteiger charge is -2.32. The van der Waals surface area contributed by atoms with Crippen LogP contribution in [0.1, 0.15) is 12.8 Å². The van der Waals surface area contributed by atoms with Gasteiger partial charge in [0.25, 0.3) is 0 Å². The first-order chi connectivity index (χ1) is 12.9. The number of amides is 5.